The molecular formula is C21H22N6OS2. The van der Waals surface area contributed by atoms with Gasteiger partial charge in [-0.2, -0.15) is 4.52 Å². The normalized spacial score (nSPS) is 12.2. The highest BCUT2D eigenvalue weighted by atomic mass is 32.2. The highest BCUT2D eigenvalue weighted by Crippen LogP contribution is 2.26. The van der Waals surface area contributed by atoms with Gasteiger partial charge in [-0.25, -0.2) is 0 Å². The monoisotopic (exact) mass is 438 g/mol. The van der Waals surface area contributed by atoms with Crippen LogP contribution in [-0.4, -0.2) is 31.5 Å². The Hall–Kier alpha value is -2.75. The zero-order chi connectivity index (χ0) is 21.1. The van der Waals surface area contributed by atoms with Gasteiger partial charge in [0.2, 0.25) is 10.9 Å². The summed E-state index contributed by atoms with van der Waals surface area (Å²) in [6.45, 7) is 3.98. The molecule has 2 aromatic heterocycles. The molecule has 0 aliphatic heterocycles. The van der Waals surface area contributed by atoms with Crippen molar-refractivity contribution in [2.75, 3.05) is 11.1 Å². The van der Waals surface area contributed by atoms with Gasteiger partial charge in [-0.1, -0.05) is 65.6 Å². The summed E-state index contributed by atoms with van der Waals surface area (Å²) in [4.78, 5) is 13.0. The van der Waals surface area contributed by atoms with Crippen LogP contribution in [0, 0.1) is 13.8 Å². The van der Waals surface area contributed by atoms with Gasteiger partial charge in [0.1, 0.15) is 0 Å². The van der Waals surface area contributed by atoms with E-state index in [9.17, 15) is 4.79 Å². The maximum atomic E-state index is 12.4. The number of fused-ring (bicyclic) bond motifs is 1. The fourth-order valence-electron chi connectivity index (χ4n) is 3.05. The highest BCUT2D eigenvalue weighted by molar-refractivity contribution is 8.01. The fraction of sp³-hybridized carbons (Fsp3) is 0.238. The molecule has 4 aromatic rings. The minimum Gasteiger partial charge on any atom is -0.325 e. The summed E-state index contributed by atoms with van der Waals surface area (Å²) in [7, 11) is 0. The number of thioether (sulfide) groups is 1. The van der Waals surface area contributed by atoms with Crippen molar-refractivity contribution in [3.8, 4) is 0 Å². The van der Waals surface area contributed by atoms with Crippen LogP contribution in [0.2, 0.25) is 0 Å². The summed E-state index contributed by atoms with van der Waals surface area (Å²) in [6.07, 6.45) is 0.653. The average molecular weight is 439 g/mol. The van der Waals surface area contributed by atoms with Crippen LogP contribution in [0.4, 0.5) is 5.69 Å². The Morgan fingerprint density at radius 3 is 2.80 bits per heavy atom. The maximum absolute atomic E-state index is 12.4. The van der Waals surface area contributed by atoms with Crippen LogP contribution < -0.4 is 11.1 Å². The predicted molar refractivity (Wildman–Crippen MR) is 121 cm³/mol. The lowest BCUT2D eigenvalue weighted by Gasteiger charge is -2.09. The minimum absolute atomic E-state index is 0.0688. The Kier molecular flexibility index (Phi) is 6.12. The third-order valence-corrected chi connectivity index (χ3v) is 6.65. The Morgan fingerprint density at radius 2 is 2.00 bits per heavy atom. The minimum atomic E-state index is -0.310. The molecule has 1 atom stereocenters. The first-order chi connectivity index (χ1) is 14.5. The first kappa shape index (κ1) is 20.5. The summed E-state index contributed by atoms with van der Waals surface area (Å²) in [5, 5.41) is 15.9. The number of aryl methyl sites for hydroxylation is 2. The van der Waals surface area contributed by atoms with Crippen molar-refractivity contribution < 1.29 is 4.79 Å². The maximum Gasteiger partial charge on any atom is 0.235 e. The van der Waals surface area contributed by atoms with E-state index in [4.69, 9.17) is 5.73 Å². The zero-order valence-electron chi connectivity index (χ0n) is 16.7. The van der Waals surface area contributed by atoms with Crippen LogP contribution in [0.1, 0.15) is 28.6 Å². The largest absolute Gasteiger partial charge is 0.325 e. The topological polar surface area (TPSA) is 98.2 Å². The van der Waals surface area contributed by atoms with Crippen molar-refractivity contribution >= 4 is 39.7 Å². The number of hydrogen-bond acceptors (Lipinski definition) is 7. The fourth-order valence-corrected chi connectivity index (χ4v) is 4.73. The lowest BCUT2D eigenvalue weighted by molar-refractivity contribution is -0.113. The number of hydrogen-bond donors (Lipinski definition) is 2. The highest BCUT2D eigenvalue weighted by Gasteiger charge is 2.19. The quantitative estimate of drug-likeness (QED) is 0.426. The van der Waals surface area contributed by atoms with E-state index in [1.54, 1.807) is 4.52 Å². The molecule has 0 spiro atoms. The van der Waals surface area contributed by atoms with Crippen molar-refractivity contribution in [2.24, 2.45) is 5.73 Å². The molecule has 30 heavy (non-hydrogen) atoms. The number of carbonyl (C=O) groups excluding carboxylic acids is 1. The summed E-state index contributed by atoms with van der Waals surface area (Å²) < 4.78 is 2.44. The van der Waals surface area contributed by atoms with Crippen molar-refractivity contribution in [3.63, 3.8) is 0 Å². The van der Waals surface area contributed by atoms with Gasteiger partial charge in [-0.3, -0.25) is 4.79 Å². The van der Waals surface area contributed by atoms with E-state index in [1.807, 2.05) is 62.4 Å². The smallest absolute Gasteiger partial charge is 0.235 e. The molecule has 0 aliphatic rings. The van der Waals surface area contributed by atoms with Crippen molar-refractivity contribution in [1.82, 2.24) is 19.8 Å². The SMILES string of the molecule is Cc1ccc(C)c(NC(=O)CSc2nn3c([C@@H](N)Cc4ccccc4)nnc3s2)c1. The molecule has 9 heteroatoms. The van der Waals surface area contributed by atoms with Crippen LogP contribution >= 0.6 is 23.1 Å². The number of nitrogens with two attached hydrogens (primary N) is 1. The van der Waals surface area contributed by atoms with Crippen LogP contribution in [0.3, 0.4) is 0 Å². The number of nitrogens with one attached hydrogen (secondary N) is 1. The number of carbonyl (C=O) groups is 1. The second kappa shape index (κ2) is 8.95. The van der Waals surface area contributed by atoms with Gasteiger partial charge in [0, 0.05) is 5.69 Å². The van der Waals surface area contributed by atoms with E-state index < -0.39 is 0 Å². The standard InChI is InChI=1S/C21H22N6OS2/c1-13-8-9-14(2)17(10-13)23-18(28)12-29-21-26-27-19(24-25-20(27)30-21)16(22)11-15-6-4-3-5-7-15/h3-10,16H,11-12,22H2,1-2H3,(H,23,28)/t16-/m0/s1. The molecule has 0 unspecified atom stereocenters. The van der Waals surface area contributed by atoms with Gasteiger partial charge in [0.05, 0.1) is 11.8 Å². The summed E-state index contributed by atoms with van der Waals surface area (Å²) >= 11 is 2.78. The molecule has 0 saturated carbocycles. The molecule has 2 heterocycles. The van der Waals surface area contributed by atoms with Gasteiger partial charge in [0.25, 0.3) is 0 Å². The van der Waals surface area contributed by atoms with E-state index >= 15 is 0 Å². The lowest BCUT2D eigenvalue weighted by atomic mass is 10.1. The predicted octanol–water partition coefficient (Wildman–Crippen LogP) is 3.78. The Balaban J connectivity index is 1.40. The summed E-state index contributed by atoms with van der Waals surface area (Å²) in [6, 6.07) is 15.7. The molecule has 2 aromatic carbocycles. The zero-order valence-corrected chi connectivity index (χ0v) is 18.3. The van der Waals surface area contributed by atoms with Gasteiger partial charge < -0.3 is 11.1 Å². The molecule has 0 radical (unpaired) electrons. The summed E-state index contributed by atoms with van der Waals surface area (Å²) in [5.74, 6) is 0.820. The molecule has 7 nitrogen and oxygen atoms in total. The molecular weight excluding hydrogens is 416 g/mol. The molecule has 4 rings (SSSR count). The third kappa shape index (κ3) is 4.69. The lowest BCUT2D eigenvalue weighted by Crippen LogP contribution is -2.17. The van der Waals surface area contributed by atoms with E-state index in [-0.39, 0.29) is 17.7 Å². The Morgan fingerprint density at radius 1 is 1.20 bits per heavy atom. The number of benzene rings is 2. The van der Waals surface area contributed by atoms with Crippen molar-refractivity contribution in [3.05, 3.63) is 71.0 Å². The molecule has 3 N–H and O–H groups in total. The van der Waals surface area contributed by atoms with Gasteiger partial charge in [-0.05, 0) is 43.0 Å². The second-order valence-corrected chi connectivity index (χ2v) is 9.25. The van der Waals surface area contributed by atoms with Gasteiger partial charge in [-0.15, -0.1) is 15.3 Å². The van der Waals surface area contributed by atoms with E-state index in [0.29, 0.717) is 17.2 Å². The van der Waals surface area contributed by atoms with Crippen molar-refractivity contribution in [1.29, 1.82) is 0 Å². The molecule has 0 saturated heterocycles. The number of amides is 1. The number of aromatic nitrogens is 4. The molecule has 0 fully saturated rings. The van der Waals surface area contributed by atoms with Gasteiger partial charge >= 0.3 is 0 Å². The van der Waals surface area contributed by atoms with Crippen molar-refractivity contribution in [2.45, 2.75) is 30.6 Å². The van der Waals surface area contributed by atoms with Crippen LogP contribution in [0.5, 0.6) is 0 Å². The Labute approximate surface area is 182 Å². The van der Waals surface area contributed by atoms with Gasteiger partial charge in [0.15, 0.2) is 10.2 Å². The second-order valence-electron chi connectivity index (χ2n) is 7.07. The molecule has 1 amide bonds. The van der Waals surface area contributed by atoms with E-state index in [0.717, 1.165) is 26.7 Å². The van der Waals surface area contributed by atoms with E-state index in [1.165, 1.54) is 23.1 Å². The molecule has 0 aliphatic carbocycles. The van der Waals surface area contributed by atoms with Crippen LogP contribution in [0.15, 0.2) is 52.9 Å². The summed E-state index contributed by atoms with van der Waals surface area (Å²) in [5.41, 5.74) is 10.5. The third-order valence-electron chi connectivity index (χ3n) is 4.62. The number of rotatable bonds is 7. The van der Waals surface area contributed by atoms with Crippen LogP contribution in [-0.2, 0) is 11.2 Å². The van der Waals surface area contributed by atoms with Crippen LogP contribution in [0.25, 0.3) is 4.96 Å². The molecule has 0 bridgehead atoms. The molecule has 154 valence electrons. The number of nitrogens with zero attached hydrogens (tertiary/aromatic N) is 4. The number of anilines is 1. The van der Waals surface area contributed by atoms with E-state index in [2.05, 4.69) is 20.6 Å². The first-order valence-corrected chi connectivity index (χ1v) is 11.3. The average Bonchev–Trinajstić information content (AvgIpc) is 3.30. The Bertz CT molecular complexity index is 1170. The first-order valence-electron chi connectivity index (χ1n) is 9.51.